The van der Waals surface area contributed by atoms with E-state index in [1.165, 1.54) is 0 Å². The van der Waals surface area contributed by atoms with Crippen molar-refractivity contribution in [3.8, 4) is 23.1 Å². The second-order valence-corrected chi connectivity index (χ2v) is 6.91. The number of rotatable bonds is 6. The normalized spacial score (nSPS) is 13.4. The Kier molecular flexibility index (Phi) is 5.76. The smallest absolute Gasteiger partial charge is 0.222 e. The summed E-state index contributed by atoms with van der Waals surface area (Å²) in [7, 11) is 0. The molecule has 0 bridgehead atoms. The van der Waals surface area contributed by atoms with Gasteiger partial charge in [0.25, 0.3) is 0 Å². The summed E-state index contributed by atoms with van der Waals surface area (Å²) >= 11 is 5.82. The second-order valence-electron chi connectivity index (χ2n) is 6.57. The van der Waals surface area contributed by atoms with Crippen molar-refractivity contribution in [3.05, 3.63) is 41.3 Å². The van der Waals surface area contributed by atoms with Crippen molar-refractivity contribution >= 4 is 11.6 Å². The molecule has 1 aromatic heterocycles. The minimum atomic E-state index is -0.445. The fourth-order valence-corrected chi connectivity index (χ4v) is 2.78. The van der Waals surface area contributed by atoms with E-state index in [2.05, 4.69) is 29.9 Å². The zero-order chi connectivity index (χ0) is 17.7. The minimum absolute atomic E-state index is 0.166. The van der Waals surface area contributed by atoms with Gasteiger partial charge in [0.05, 0.1) is 11.3 Å². The summed E-state index contributed by atoms with van der Waals surface area (Å²) in [6.45, 7) is 6.54. The van der Waals surface area contributed by atoms with Crippen LogP contribution in [0.3, 0.4) is 0 Å². The molecule has 1 unspecified atom stereocenters. The minimum Gasteiger partial charge on any atom is -0.490 e. The molecule has 0 fully saturated rings. The molecule has 1 aromatic carbocycles. The molecule has 1 atom stereocenters. The zero-order valence-corrected chi connectivity index (χ0v) is 14.8. The maximum Gasteiger partial charge on any atom is 0.222 e. The standard InChI is InChI=1S/C18H21ClN4O/c1-12(2)9-18(3,21)11-24-16-5-4-13(8-14(16)10-20)15-6-7-22-17(19)23-15/h4-8,12H,9,11,21H2,1-3H3. The van der Waals surface area contributed by atoms with Gasteiger partial charge in [-0.25, -0.2) is 9.97 Å². The van der Waals surface area contributed by atoms with Gasteiger partial charge in [-0.3, -0.25) is 0 Å². The van der Waals surface area contributed by atoms with Gasteiger partial charge in [0.2, 0.25) is 5.28 Å². The highest BCUT2D eigenvalue weighted by atomic mass is 35.5. The lowest BCUT2D eigenvalue weighted by atomic mass is 9.93. The molecule has 0 aliphatic rings. The van der Waals surface area contributed by atoms with Crippen molar-refractivity contribution in [2.24, 2.45) is 11.7 Å². The van der Waals surface area contributed by atoms with Crippen molar-refractivity contribution in [2.75, 3.05) is 6.61 Å². The lowest BCUT2D eigenvalue weighted by Gasteiger charge is -2.26. The molecule has 2 rings (SSSR count). The topological polar surface area (TPSA) is 84.8 Å². The molecule has 126 valence electrons. The van der Waals surface area contributed by atoms with Gasteiger partial charge in [0.15, 0.2) is 0 Å². The summed E-state index contributed by atoms with van der Waals surface area (Å²) in [5.41, 5.74) is 7.68. The Hall–Kier alpha value is -2.16. The fraction of sp³-hybridized carbons (Fsp3) is 0.389. The fourth-order valence-electron chi connectivity index (χ4n) is 2.63. The van der Waals surface area contributed by atoms with Crippen molar-refractivity contribution in [1.82, 2.24) is 9.97 Å². The monoisotopic (exact) mass is 344 g/mol. The van der Waals surface area contributed by atoms with Crippen LogP contribution in [0.1, 0.15) is 32.8 Å². The molecule has 0 aliphatic heterocycles. The quantitative estimate of drug-likeness (QED) is 0.805. The Morgan fingerprint density at radius 3 is 2.75 bits per heavy atom. The molecule has 0 amide bonds. The van der Waals surface area contributed by atoms with Crippen LogP contribution in [0.2, 0.25) is 5.28 Å². The number of nitriles is 1. The Balaban J connectivity index is 2.20. The van der Waals surface area contributed by atoms with Crippen molar-refractivity contribution in [2.45, 2.75) is 32.7 Å². The molecule has 2 N–H and O–H groups in total. The van der Waals surface area contributed by atoms with Crippen LogP contribution in [0.25, 0.3) is 11.3 Å². The Morgan fingerprint density at radius 2 is 2.12 bits per heavy atom. The molecule has 2 aromatic rings. The summed E-state index contributed by atoms with van der Waals surface area (Å²) < 4.78 is 5.80. The van der Waals surface area contributed by atoms with Crippen LogP contribution >= 0.6 is 11.6 Å². The number of hydrogen-bond acceptors (Lipinski definition) is 5. The van der Waals surface area contributed by atoms with Crippen LogP contribution in [-0.2, 0) is 0 Å². The van der Waals surface area contributed by atoms with E-state index in [1.807, 2.05) is 13.0 Å². The lowest BCUT2D eigenvalue weighted by Crippen LogP contribution is -2.43. The van der Waals surface area contributed by atoms with Crippen molar-refractivity contribution in [3.63, 3.8) is 0 Å². The number of hydrogen-bond donors (Lipinski definition) is 1. The summed E-state index contributed by atoms with van der Waals surface area (Å²) in [4.78, 5) is 8.01. The third kappa shape index (κ3) is 4.92. The lowest BCUT2D eigenvalue weighted by molar-refractivity contribution is 0.206. The van der Waals surface area contributed by atoms with Gasteiger partial charge in [0.1, 0.15) is 18.4 Å². The maximum atomic E-state index is 9.40. The first kappa shape index (κ1) is 18.2. The van der Waals surface area contributed by atoms with Gasteiger partial charge in [-0.15, -0.1) is 0 Å². The van der Waals surface area contributed by atoms with Crippen LogP contribution in [0, 0.1) is 17.2 Å². The highest BCUT2D eigenvalue weighted by Crippen LogP contribution is 2.26. The van der Waals surface area contributed by atoms with E-state index in [4.69, 9.17) is 22.1 Å². The number of aromatic nitrogens is 2. The zero-order valence-electron chi connectivity index (χ0n) is 14.1. The third-order valence-corrected chi connectivity index (χ3v) is 3.64. The van der Waals surface area contributed by atoms with Gasteiger partial charge < -0.3 is 10.5 Å². The predicted molar refractivity (Wildman–Crippen MR) is 94.7 cm³/mol. The maximum absolute atomic E-state index is 9.40. The molecular weight excluding hydrogens is 324 g/mol. The molecule has 0 radical (unpaired) electrons. The highest BCUT2D eigenvalue weighted by Gasteiger charge is 2.21. The van der Waals surface area contributed by atoms with Crippen LogP contribution in [0.4, 0.5) is 0 Å². The van der Waals surface area contributed by atoms with Crippen LogP contribution in [0.5, 0.6) is 5.75 Å². The average Bonchev–Trinajstić information content (AvgIpc) is 2.51. The van der Waals surface area contributed by atoms with Crippen LogP contribution in [-0.4, -0.2) is 22.1 Å². The van der Waals surface area contributed by atoms with E-state index in [1.54, 1.807) is 24.4 Å². The largest absolute Gasteiger partial charge is 0.490 e. The van der Waals surface area contributed by atoms with Crippen LogP contribution in [0.15, 0.2) is 30.5 Å². The summed E-state index contributed by atoms with van der Waals surface area (Å²) in [5.74, 6) is 0.991. The first-order valence-electron chi connectivity index (χ1n) is 7.75. The van der Waals surface area contributed by atoms with E-state index < -0.39 is 5.54 Å². The second kappa shape index (κ2) is 7.61. The number of ether oxygens (including phenoxy) is 1. The Labute approximate surface area is 147 Å². The van der Waals surface area contributed by atoms with E-state index in [0.29, 0.717) is 29.5 Å². The molecule has 0 aliphatic carbocycles. The van der Waals surface area contributed by atoms with E-state index in [-0.39, 0.29) is 5.28 Å². The SMILES string of the molecule is CC(C)CC(C)(N)COc1ccc(-c2ccnc(Cl)n2)cc1C#N. The van der Waals surface area contributed by atoms with Gasteiger partial charge in [-0.05, 0) is 55.1 Å². The first-order chi connectivity index (χ1) is 11.3. The van der Waals surface area contributed by atoms with Gasteiger partial charge in [0, 0.05) is 17.3 Å². The number of nitrogens with two attached hydrogens (primary N) is 1. The molecule has 6 heteroatoms. The van der Waals surface area contributed by atoms with Crippen LogP contribution < -0.4 is 10.5 Å². The average molecular weight is 345 g/mol. The van der Waals surface area contributed by atoms with Gasteiger partial charge >= 0.3 is 0 Å². The number of benzene rings is 1. The van der Waals surface area contributed by atoms with Gasteiger partial charge in [-0.1, -0.05) is 13.8 Å². The third-order valence-electron chi connectivity index (χ3n) is 3.45. The Morgan fingerprint density at radius 1 is 1.38 bits per heavy atom. The molecule has 0 spiro atoms. The molecule has 0 saturated carbocycles. The molecule has 5 nitrogen and oxygen atoms in total. The van der Waals surface area contributed by atoms with Crippen molar-refractivity contribution in [1.29, 1.82) is 5.26 Å². The summed E-state index contributed by atoms with van der Waals surface area (Å²) in [6.07, 6.45) is 2.42. The molecular formula is C18H21ClN4O. The Bertz CT molecular complexity index is 753. The summed E-state index contributed by atoms with van der Waals surface area (Å²) in [5, 5.41) is 9.56. The summed E-state index contributed by atoms with van der Waals surface area (Å²) in [6, 6.07) is 9.22. The van der Waals surface area contributed by atoms with E-state index in [9.17, 15) is 5.26 Å². The van der Waals surface area contributed by atoms with E-state index in [0.717, 1.165) is 12.0 Å². The highest BCUT2D eigenvalue weighted by molar-refractivity contribution is 6.28. The number of halogens is 1. The van der Waals surface area contributed by atoms with Gasteiger partial charge in [-0.2, -0.15) is 5.26 Å². The molecule has 1 heterocycles. The molecule has 0 saturated heterocycles. The first-order valence-corrected chi connectivity index (χ1v) is 8.13. The molecule has 24 heavy (non-hydrogen) atoms. The number of nitrogens with zero attached hydrogens (tertiary/aromatic N) is 3. The van der Waals surface area contributed by atoms with E-state index >= 15 is 0 Å². The predicted octanol–water partition coefficient (Wildman–Crippen LogP) is 3.81. The van der Waals surface area contributed by atoms with Crippen molar-refractivity contribution < 1.29 is 4.74 Å².